The van der Waals surface area contributed by atoms with E-state index in [2.05, 4.69) is 62.8 Å². The molecule has 2 aromatic heterocycles. The molecule has 4 heterocycles. The fourth-order valence-electron chi connectivity index (χ4n) is 6.31. The molecule has 6 rings (SSSR count). The normalized spacial score (nSPS) is 12.3. The van der Waals surface area contributed by atoms with E-state index in [-0.39, 0.29) is 11.7 Å². The highest BCUT2D eigenvalue weighted by molar-refractivity contribution is 5.88. The first-order chi connectivity index (χ1) is 26.6. The monoisotopic (exact) mass is 775 g/mol. The van der Waals surface area contributed by atoms with Gasteiger partial charge >= 0.3 is 6.09 Å². The molecule has 308 valence electrons. The number of H-pyrrole nitrogens is 2. The second kappa shape index (κ2) is 20.4. The second-order valence-corrected chi connectivity index (χ2v) is 15.5. The summed E-state index contributed by atoms with van der Waals surface area (Å²) in [4.78, 5) is 42.8. The molecule has 0 saturated carbocycles. The van der Waals surface area contributed by atoms with Gasteiger partial charge in [-0.3, -0.25) is 9.69 Å². The van der Waals surface area contributed by atoms with Crippen LogP contribution in [0.2, 0.25) is 0 Å². The van der Waals surface area contributed by atoms with Crippen molar-refractivity contribution in [3.8, 4) is 45.1 Å². The Kier molecular flexibility index (Phi) is 16.6. The number of aromatic nitrogens is 4. The van der Waals surface area contributed by atoms with Gasteiger partial charge in [-0.1, -0.05) is 41.5 Å². The van der Waals surface area contributed by atoms with Crippen molar-refractivity contribution >= 4 is 12.6 Å². The van der Waals surface area contributed by atoms with E-state index < -0.39 is 5.60 Å². The number of imidazole rings is 2. The van der Waals surface area contributed by atoms with Crippen molar-refractivity contribution in [1.82, 2.24) is 29.7 Å². The fourth-order valence-corrected chi connectivity index (χ4v) is 6.31. The summed E-state index contributed by atoms with van der Waals surface area (Å²) in [6.45, 7) is 29.4. The maximum atomic E-state index is 12.9. The third-order valence-electron chi connectivity index (χ3n) is 8.44. The number of carbonyl (C=O) groups excluding carboxylic acids is 2. The van der Waals surface area contributed by atoms with Gasteiger partial charge in [0, 0.05) is 45.6 Å². The molecular weight excluding hydrogens is 709 g/mol. The fraction of sp³-hybridized carbons (Fsp3) is 0.545. The predicted octanol–water partition coefficient (Wildman–Crippen LogP) is 10.2. The molecule has 0 radical (unpaired) electrons. The molecule has 0 spiro atoms. The van der Waals surface area contributed by atoms with Crippen LogP contribution in [-0.4, -0.2) is 73.6 Å². The molecule has 1 amide bonds. The predicted molar refractivity (Wildman–Crippen MR) is 224 cm³/mol. The van der Waals surface area contributed by atoms with Gasteiger partial charge < -0.3 is 33.8 Å². The van der Waals surface area contributed by atoms with E-state index in [9.17, 15) is 9.59 Å². The number of nitrogens with one attached hydrogen (secondary N) is 2. The molecule has 0 bridgehead atoms. The quantitative estimate of drug-likeness (QED) is 0.143. The minimum atomic E-state index is -0.562. The smallest absolute Gasteiger partial charge is 0.410 e. The lowest BCUT2D eigenvalue weighted by atomic mass is 9.87. The van der Waals surface area contributed by atoms with Gasteiger partial charge in [0.25, 0.3) is 6.47 Å². The molecule has 4 aromatic rings. The molecule has 2 aliphatic rings. The molecule has 12 nitrogen and oxygen atoms in total. The lowest BCUT2D eigenvalue weighted by molar-refractivity contribution is -0.138. The van der Waals surface area contributed by atoms with Crippen molar-refractivity contribution in [2.24, 2.45) is 0 Å². The van der Waals surface area contributed by atoms with Crippen LogP contribution < -0.4 is 9.47 Å². The van der Waals surface area contributed by atoms with Gasteiger partial charge in [0.05, 0.1) is 30.7 Å². The van der Waals surface area contributed by atoms with Gasteiger partial charge in [0.1, 0.15) is 47.6 Å². The zero-order valence-electron chi connectivity index (χ0n) is 36.4. The standard InChI is InChI=1S/C35H44N6O4.C5H10O2.2C2H6/c1-8-10-40(7)17-29-36-16-26(38-29)22-12-24-19-44-28-15-23(13-25-20-43-27(14-22)31(24)32(25)28)33-21(3)37-30(39-33)18-41(11-9-2)34(42)45-35(4,5)6;1-5(2,3)7-4-6;2*1-2/h12-16H,8-11,17-20H2,1-7H3,(H,36,38)(H,37,39);4H,1-3H3;2*1-2H3. The average molecular weight is 775 g/mol. The minimum Gasteiger partial charge on any atom is -0.488 e. The van der Waals surface area contributed by atoms with Crippen LogP contribution in [0, 0.1) is 6.92 Å². The molecule has 0 unspecified atom stereocenters. The number of benzene rings is 2. The van der Waals surface area contributed by atoms with E-state index >= 15 is 0 Å². The Hall–Kier alpha value is -4.84. The first kappa shape index (κ1) is 45.5. The van der Waals surface area contributed by atoms with Gasteiger partial charge in [-0.15, -0.1) is 0 Å². The van der Waals surface area contributed by atoms with Gasteiger partial charge in [0.2, 0.25) is 0 Å². The molecular formula is C44H66N6O6. The highest BCUT2D eigenvalue weighted by Gasteiger charge is 2.31. The van der Waals surface area contributed by atoms with Crippen molar-refractivity contribution in [2.45, 2.75) is 140 Å². The maximum Gasteiger partial charge on any atom is 0.410 e. The first-order valence-corrected chi connectivity index (χ1v) is 20.1. The summed E-state index contributed by atoms with van der Waals surface area (Å²) in [5, 5.41) is 0. The molecule has 12 heteroatoms. The lowest BCUT2D eigenvalue weighted by Crippen LogP contribution is -2.37. The average Bonchev–Trinajstić information content (AvgIpc) is 3.76. The van der Waals surface area contributed by atoms with Crippen molar-refractivity contribution < 1.29 is 28.5 Å². The Balaban J connectivity index is 0.000000682. The van der Waals surface area contributed by atoms with E-state index in [1.54, 1.807) is 4.90 Å². The second-order valence-electron chi connectivity index (χ2n) is 15.5. The summed E-state index contributed by atoms with van der Waals surface area (Å²) in [5.41, 5.74) is 8.19. The molecule has 0 aliphatic carbocycles. The van der Waals surface area contributed by atoms with Crippen molar-refractivity contribution in [2.75, 3.05) is 20.1 Å². The Morgan fingerprint density at radius 1 is 0.821 bits per heavy atom. The number of ether oxygens (including phenoxy) is 4. The number of aryl methyl sites for hydroxylation is 1. The SMILES string of the molecule is CC.CC.CC(C)(C)OC=O.CCCN(C)Cc1ncc(-c2cc3c4c(c2)OCc2cc(-c5nc(CN(CCC)C(=O)OC(C)(C)C)[nH]c5C)cc(c2-4)OC3)[nH]1. The van der Waals surface area contributed by atoms with Crippen LogP contribution in [0.5, 0.6) is 11.5 Å². The van der Waals surface area contributed by atoms with E-state index in [0.29, 0.717) is 38.6 Å². The molecule has 2 aromatic carbocycles. The maximum absolute atomic E-state index is 12.9. The van der Waals surface area contributed by atoms with Crippen molar-refractivity contribution in [3.63, 3.8) is 0 Å². The molecule has 0 atom stereocenters. The first-order valence-electron chi connectivity index (χ1n) is 20.1. The number of nitrogens with zero attached hydrogens (tertiary/aromatic N) is 4. The summed E-state index contributed by atoms with van der Waals surface area (Å²) in [7, 11) is 2.11. The number of hydrogen-bond donors (Lipinski definition) is 2. The van der Waals surface area contributed by atoms with E-state index in [4.69, 9.17) is 19.2 Å². The van der Waals surface area contributed by atoms with Crippen LogP contribution in [0.1, 0.15) is 124 Å². The van der Waals surface area contributed by atoms with Gasteiger partial charge in [-0.05, 0) is 99.2 Å². The number of aromatic amines is 2. The molecule has 0 fully saturated rings. The minimum absolute atomic E-state index is 0.318. The summed E-state index contributed by atoms with van der Waals surface area (Å²) < 4.78 is 22.9. The zero-order chi connectivity index (χ0) is 41.8. The topological polar surface area (TPSA) is 135 Å². The van der Waals surface area contributed by atoms with E-state index in [1.807, 2.05) is 89.3 Å². The third kappa shape index (κ3) is 12.1. The highest BCUT2D eigenvalue weighted by Crippen LogP contribution is 2.50. The van der Waals surface area contributed by atoms with Crippen LogP contribution in [0.4, 0.5) is 4.79 Å². The molecule has 56 heavy (non-hydrogen) atoms. The Morgan fingerprint density at radius 2 is 1.39 bits per heavy atom. The van der Waals surface area contributed by atoms with Crippen LogP contribution in [0.15, 0.2) is 30.5 Å². The van der Waals surface area contributed by atoms with Crippen LogP contribution in [0.3, 0.4) is 0 Å². The number of rotatable bonds is 11. The Labute approximate surface area is 334 Å². The van der Waals surface area contributed by atoms with Crippen LogP contribution in [-0.2, 0) is 40.6 Å². The highest BCUT2D eigenvalue weighted by atomic mass is 16.6. The van der Waals surface area contributed by atoms with E-state index in [1.165, 1.54) is 0 Å². The third-order valence-corrected chi connectivity index (χ3v) is 8.44. The van der Waals surface area contributed by atoms with Crippen LogP contribution >= 0.6 is 0 Å². The van der Waals surface area contributed by atoms with Crippen molar-refractivity contribution in [1.29, 1.82) is 0 Å². The van der Waals surface area contributed by atoms with Gasteiger partial charge in [-0.25, -0.2) is 14.8 Å². The number of amides is 1. The van der Waals surface area contributed by atoms with Gasteiger partial charge in [-0.2, -0.15) is 0 Å². The molecule has 0 saturated heterocycles. The summed E-state index contributed by atoms with van der Waals surface area (Å²) in [5.74, 6) is 3.36. The van der Waals surface area contributed by atoms with Gasteiger partial charge in [0.15, 0.2) is 0 Å². The van der Waals surface area contributed by atoms with Crippen molar-refractivity contribution in [3.05, 3.63) is 58.9 Å². The molecule has 2 N–H and O–H groups in total. The number of carbonyl (C=O) groups is 2. The largest absolute Gasteiger partial charge is 0.488 e. The summed E-state index contributed by atoms with van der Waals surface area (Å²) in [6.07, 6.45) is 3.49. The van der Waals surface area contributed by atoms with Crippen LogP contribution in [0.25, 0.3) is 33.6 Å². The summed E-state index contributed by atoms with van der Waals surface area (Å²) in [6, 6.07) is 8.50. The van der Waals surface area contributed by atoms with E-state index in [0.717, 1.165) is 93.7 Å². The Morgan fingerprint density at radius 3 is 1.91 bits per heavy atom. The summed E-state index contributed by atoms with van der Waals surface area (Å²) >= 11 is 0. The number of hydrogen-bond acceptors (Lipinski definition) is 9. The Bertz CT molecular complexity index is 1830. The molecule has 2 aliphatic heterocycles. The lowest BCUT2D eigenvalue weighted by Gasteiger charge is -2.30. The zero-order valence-corrected chi connectivity index (χ0v) is 36.4.